The quantitative estimate of drug-likeness (QED) is 0.183. The summed E-state index contributed by atoms with van der Waals surface area (Å²) in [7, 11) is 0. The van der Waals surface area contributed by atoms with Crippen molar-refractivity contribution in [3.8, 4) is 50.6 Å². The van der Waals surface area contributed by atoms with Crippen molar-refractivity contribution in [2.45, 2.75) is 0 Å². The van der Waals surface area contributed by atoms with Crippen LogP contribution >= 0.6 is 0 Å². The second-order valence-electron chi connectivity index (χ2n) is 11.4. The zero-order chi connectivity index (χ0) is 35.5. The highest BCUT2D eigenvalue weighted by Gasteiger charge is 2.18. The molecule has 0 aliphatic heterocycles. The molecule has 0 fully saturated rings. The lowest BCUT2D eigenvalue weighted by atomic mass is 9.85. The van der Waals surface area contributed by atoms with Gasteiger partial charge in [0, 0.05) is 23.0 Å². The summed E-state index contributed by atoms with van der Waals surface area (Å²) in [5, 5.41) is 4.53. The summed E-state index contributed by atoms with van der Waals surface area (Å²) in [5.74, 6) is 0.291. The zero-order valence-electron chi connectivity index (χ0n) is 30.2. The molecule has 2 heterocycles. The number of pyridine rings is 1. The van der Waals surface area contributed by atoms with Crippen LogP contribution in [0.4, 0.5) is 0 Å². The minimum absolute atomic E-state index is 0.0611. The van der Waals surface area contributed by atoms with E-state index in [0.717, 1.165) is 66.3 Å². The maximum Gasteiger partial charge on any atom is 0.145 e. The summed E-state index contributed by atoms with van der Waals surface area (Å²) in [4.78, 5) is 9.41. The van der Waals surface area contributed by atoms with E-state index in [4.69, 9.17) is 11.8 Å². The highest BCUT2D eigenvalue weighted by molar-refractivity contribution is 6.21. The molecule has 47 heavy (non-hydrogen) atoms. The van der Waals surface area contributed by atoms with Crippen LogP contribution in [0.25, 0.3) is 83.2 Å². The maximum atomic E-state index is 8.71. The Bertz CT molecular complexity index is 2760. The second kappa shape index (κ2) is 11.2. The van der Waals surface area contributed by atoms with E-state index in [-0.39, 0.29) is 17.6 Å². The Hall–Kier alpha value is -6.32. The fourth-order valence-electron chi connectivity index (χ4n) is 6.71. The van der Waals surface area contributed by atoms with Gasteiger partial charge in [-0.3, -0.25) is 9.55 Å². The Labute approximate surface area is 280 Å². The fraction of sp³-hybridized carbons (Fsp3) is 0. The number of para-hydroxylation sites is 2. The number of aromatic nitrogens is 3. The minimum atomic E-state index is -0.433. The Morgan fingerprint density at radius 1 is 0.489 bits per heavy atom. The number of fused-ring (bicyclic) bond motifs is 3. The van der Waals surface area contributed by atoms with Crippen molar-refractivity contribution < 1.29 is 6.85 Å². The number of benzene rings is 7. The maximum absolute atomic E-state index is 8.71. The van der Waals surface area contributed by atoms with Gasteiger partial charge >= 0.3 is 0 Å². The van der Waals surface area contributed by atoms with Gasteiger partial charge in [-0.05, 0) is 86.3 Å². The van der Waals surface area contributed by atoms with E-state index in [0.29, 0.717) is 11.3 Å². The van der Waals surface area contributed by atoms with Gasteiger partial charge in [-0.15, -0.1) is 0 Å². The molecule has 0 N–H and O–H groups in total. The highest BCUT2D eigenvalue weighted by Crippen LogP contribution is 2.44. The molecule has 0 aliphatic rings. The molecule has 220 valence electrons. The van der Waals surface area contributed by atoms with Gasteiger partial charge in [0.1, 0.15) is 5.82 Å². The number of imidazole rings is 1. The van der Waals surface area contributed by atoms with Crippen molar-refractivity contribution >= 4 is 32.6 Å². The molecule has 0 atom stereocenters. The van der Waals surface area contributed by atoms with Gasteiger partial charge in [-0.1, -0.05) is 127 Å². The van der Waals surface area contributed by atoms with E-state index in [1.165, 1.54) is 0 Å². The first-order valence-corrected chi connectivity index (χ1v) is 15.5. The van der Waals surface area contributed by atoms with Gasteiger partial charge in [0.25, 0.3) is 0 Å². The van der Waals surface area contributed by atoms with E-state index < -0.39 is 18.1 Å². The molecule has 3 nitrogen and oxygen atoms in total. The Morgan fingerprint density at radius 2 is 1.11 bits per heavy atom. The molecule has 0 aliphatic carbocycles. The molecule has 0 radical (unpaired) electrons. The molecule has 0 saturated carbocycles. The van der Waals surface area contributed by atoms with Crippen LogP contribution in [0.3, 0.4) is 0 Å². The van der Waals surface area contributed by atoms with Crippen LogP contribution in [0, 0.1) is 0 Å². The normalized spacial score (nSPS) is 12.9. The van der Waals surface area contributed by atoms with E-state index in [9.17, 15) is 0 Å². The summed E-state index contributed by atoms with van der Waals surface area (Å²) >= 11 is 0. The Balaban J connectivity index is 1.24. The van der Waals surface area contributed by atoms with Gasteiger partial charge in [-0.2, -0.15) is 0 Å². The van der Waals surface area contributed by atoms with Crippen LogP contribution in [0.5, 0.6) is 0 Å². The van der Waals surface area contributed by atoms with Crippen LogP contribution < -0.4 is 0 Å². The predicted molar refractivity (Wildman–Crippen MR) is 196 cm³/mol. The lowest BCUT2D eigenvalue weighted by molar-refractivity contribution is 1.10. The molecule has 9 rings (SSSR count). The summed E-state index contributed by atoms with van der Waals surface area (Å²) in [6.45, 7) is 0. The number of rotatable bonds is 5. The van der Waals surface area contributed by atoms with E-state index in [2.05, 4.69) is 89.9 Å². The van der Waals surface area contributed by atoms with Crippen LogP contribution in [-0.4, -0.2) is 14.5 Å². The summed E-state index contributed by atoms with van der Waals surface area (Å²) < 4.78 is 44.1. The van der Waals surface area contributed by atoms with Crippen LogP contribution in [0.1, 0.15) is 6.85 Å². The molecule has 0 unspecified atom stereocenters. The fourth-order valence-corrected chi connectivity index (χ4v) is 6.71. The average molecular weight is 605 g/mol. The molecule has 0 saturated heterocycles. The van der Waals surface area contributed by atoms with E-state index in [1.807, 2.05) is 65.4 Å². The first kappa shape index (κ1) is 22.2. The van der Waals surface area contributed by atoms with Crippen molar-refractivity contribution in [2.24, 2.45) is 0 Å². The third kappa shape index (κ3) is 4.60. The summed E-state index contributed by atoms with van der Waals surface area (Å²) in [6, 6.07) is 45.6. The molecule has 9 aromatic rings. The van der Waals surface area contributed by atoms with Gasteiger partial charge in [-0.25, -0.2) is 4.98 Å². The third-order valence-corrected chi connectivity index (χ3v) is 8.74. The van der Waals surface area contributed by atoms with Gasteiger partial charge in [0.15, 0.2) is 0 Å². The summed E-state index contributed by atoms with van der Waals surface area (Å²) in [6.07, 6.45) is 1.82. The molecular weight excluding hydrogens is 571 g/mol. The van der Waals surface area contributed by atoms with Crippen molar-refractivity contribution in [2.75, 3.05) is 0 Å². The van der Waals surface area contributed by atoms with Gasteiger partial charge in [0.2, 0.25) is 0 Å². The van der Waals surface area contributed by atoms with E-state index >= 15 is 0 Å². The Morgan fingerprint density at radius 3 is 1.79 bits per heavy atom. The second-order valence-corrected chi connectivity index (χ2v) is 11.4. The lowest BCUT2D eigenvalue weighted by Crippen LogP contribution is -1.98. The number of nitrogens with zero attached hydrogens (tertiary/aromatic N) is 3. The molecule has 7 aromatic carbocycles. The molecule has 2 aromatic heterocycles. The first-order chi connectivity index (χ1) is 25.4. The number of hydrogen-bond donors (Lipinski definition) is 0. The lowest BCUT2D eigenvalue weighted by Gasteiger charge is -2.18. The molecule has 0 amide bonds. The topological polar surface area (TPSA) is 30.7 Å². The molecule has 0 spiro atoms. The summed E-state index contributed by atoms with van der Waals surface area (Å²) in [5.41, 5.74) is 8.65. The largest absolute Gasteiger partial charge is 0.292 e. The molecular formula is C44H29N3. The minimum Gasteiger partial charge on any atom is -0.292 e. The predicted octanol–water partition coefficient (Wildman–Crippen LogP) is 11.4. The van der Waals surface area contributed by atoms with Crippen LogP contribution in [-0.2, 0) is 0 Å². The van der Waals surface area contributed by atoms with Gasteiger partial charge < -0.3 is 0 Å². The highest BCUT2D eigenvalue weighted by atomic mass is 15.1. The van der Waals surface area contributed by atoms with Crippen molar-refractivity contribution in [1.82, 2.24) is 14.5 Å². The average Bonchev–Trinajstić information content (AvgIpc) is 3.58. The van der Waals surface area contributed by atoms with Crippen LogP contribution in [0.15, 0.2) is 176 Å². The molecule has 0 bridgehead atoms. The Kier molecular flexibility index (Phi) is 5.32. The SMILES string of the molecule is [2H]c1c([2H])c([2H])c(-c2nc3ccccc3n2-c2ccc(-c3c4ccccc4c(-c4cccc(-c5ccccn5)c4)c4ccccc34)cc2)c([2H])c1[2H]. The van der Waals surface area contributed by atoms with Crippen molar-refractivity contribution in [3.05, 3.63) is 176 Å². The van der Waals surface area contributed by atoms with Gasteiger partial charge in [0.05, 0.1) is 23.6 Å². The molecule has 3 heteroatoms. The smallest absolute Gasteiger partial charge is 0.145 e. The van der Waals surface area contributed by atoms with Crippen molar-refractivity contribution in [3.63, 3.8) is 0 Å². The first-order valence-electron chi connectivity index (χ1n) is 18.0. The standard InChI is InChI=1S/C44H29N3/c1-2-13-31(14-3-1)44-46-40-22-8-9-23-41(40)47(44)34-26-24-30(25-27-34)42-35-17-4-6-19-37(35)43(38-20-7-5-18-36(38)42)33-16-12-15-32(29-33)39-21-10-11-28-45-39/h1-29H/i1D,2D,3D,13D,14D. The zero-order valence-corrected chi connectivity index (χ0v) is 25.2. The third-order valence-electron chi connectivity index (χ3n) is 8.74. The monoisotopic (exact) mass is 604 g/mol. The van der Waals surface area contributed by atoms with Crippen molar-refractivity contribution in [1.29, 1.82) is 0 Å². The number of hydrogen-bond acceptors (Lipinski definition) is 2. The van der Waals surface area contributed by atoms with Crippen LogP contribution in [0.2, 0.25) is 0 Å². The van der Waals surface area contributed by atoms with E-state index in [1.54, 1.807) is 0 Å².